The van der Waals surface area contributed by atoms with E-state index in [9.17, 15) is 4.79 Å². The van der Waals surface area contributed by atoms with Crippen molar-refractivity contribution in [1.82, 2.24) is 0 Å². The highest BCUT2D eigenvalue weighted by atomic mass is 16.5. The van der Waals surface area contributed by atoms with Crippen LogP contribution in [0.15, 0.2) is 66.7 Å². The van der Waals surface area contributed by atoms with Crippen LogP contribution < -0.4 is 15.4 Å². The fraction of sp³-hybridized carbons (Fsp3) is 0.105. The monoisotopic (exact) mass is 306 g/mol. The van der Waals surface area contributed by atoms with Gasteiger partial charge in [-0.2, -0.15) is 0 Å². The second-order valence-electron chi connectivity index (χ2n) is 5.16. The van der Waals surface area contributed by atoms with Gasteiger partial charge >= 0.3 is 0 Å². The van der Waals surface area contributed by atoms with Crippen LogP contribution in [-0.4, -0.2) is 19.6 Å². The van der Waals surface area contributed by atoms with E-state index in [1.54, 1.807) is 7.11 Å². The van der Waals surface area contributed by atoms with Crippen LogP contribution >= 0.6 is 0 Å². The average molecular weight is 306 g/mol. The molecule has 0 saturated heterocycles. The average Bonchev–Trinajstić information content (AvgIpc) is 2.60. The quantitative estimate of drug-likeness (QED) is 0.751. The van der Waals surface area contributed by atoms with Crippen LogP contribution in [0.5, 0.6) is 5.75 Å². The first-order chi connectivity index (χ1) is 11.3. The number of amides is 1. The summed E-state index contributed by atoms with van der Waals surface area (Å²) in [6.07, 6.45) is 0. The Morgan fingerprint density at radius 3 is 2.65 bits per heavy atom. The van der Waals surface area contributed by atoms with Crippen LogP contribution in [0.25, 0.3) is 10.8 Å². The molecule has 0 aliphatic heterocycles. The Morgan fingerprint density at radius 1 is 1.00 bits per heavy atom. The topological polar surface area (TPSA) is 50.4 Å². The van der Waals surface area contributed by atoms with Gasteiger partial charge in [0.2, 0.25) is 5.91 Å². The van der Waals surface area contributed by atoms with Crippen LogP contribution in [0.4, 0.5) is 11.4 Å². The smallest absolute Gasteiger partial charge is 0.243 e. The standard InChI is InChI=1S/C19H18N2O2/c1-23-16-9-5-8-15(12-16)20-13-19(22)21-18-11-4-7-14-6-2-3-10-17(14)18/h2-12,20H,13H2,1H3,(H,21,22). The normalized spacial score (nSPS) is 10.3. The van der Waals surface area contributed by atoms with Crippen LogP contribution in [-0.2, 0) is 4.79 Å². The molecule has 0 fully saturated rings. The van der Waals surface area contributed by atoms with E-state index in [-0.39, 0.29) is 12.5 Å². The van der Waals surface area contributed by atoms with E-state index in [1.807, 2.05) is 66.7 Å². The van der Waals surface area contributed by atoms with Crippen molar-refractivity contribution in [1.29, 1.82) is 0 Å². The summed E-state index contributed by atoms with van der Waals surface area (Å²) in [6, 6.07) is 21.3. The number of benzene rings is 3. The molecule has 116 valence electrons. The first kappa shape index (κ1) is 14.9. The van der Waals surface area contributed by atoms with Crippen LogP contribution in [0.3, 0.4) is 0 Å². The van der Waals surface area contributed by atoms with Crippen molar-refractivity contribution in [3.05, 3.63) is 66.7 Å². The second kappa shape index (κ2) is 6.83. The van der Waals surface area contributed by atoms with E-state index in [0.717, 1.165) is 27.9 Å². The molecule has 0 heterocycles. The molecule has 0 saturated carbocycles. The third-order valence-corrected chi connectivity index (χ3v) is 3.59. The highest BCUT2D eigenvalue weighted by Gasteiger charge is 2.05. The lowest BCUT2D eigenvalue weighted by molar-refractivity contribution is -0.114. The number of hydrogen-bond acceptors (Lipinski definition) is 3. The minimum atomic E-state index is -0.0934. The molecule has 0 spiro atoms. The molecular weight excluding hydrogens is 288 g/mol. The lowest BCUT2D eigenvalue weighted by Gasteiger charge is -2.10. The number of nitrogens with one attached hydrogen (secondary N) is 2. The fourth-order valence-corrected chi connectivity index (χ4v) is 2.44. The zero-order valence-electron chi connectivity index (χ0n) is 12.9. The number of hydrogen-bond donors (Lipinski definition) is 2. The third-order valence-electron chi connectivity index (χ3n) is 3.59. The molecule has 0 unspecified atom stereocenters. The van der Waals surface area contributed by atoms with Crippen molar-refractivity contribution >= 4 is 28.1 Å². The molecule has 4 nitrogen and oxygen atoms in total. The molecule has 3 rings (SSSR count). The maximum atomic E-state index is 12.2. The van der Waals surface area contributed by atoms with E-state index in [1.165, 1.54) is 0 Å². The summed E-state index contributed by atoms with van der Waals surface area (Å²) in [5, 5.41) is 8.18. The summed E-state index contributed by atoms with van der Waals surface area (Å²) in [6.45, 7) is 0.191. The molecule has 3 aromatic carbocycles. The second-order valence-corrected chi connectivity index (χ2v) is 5.16. The highest BCUT2D eigenvalue weighted by Crippen LogP contribution is 2.23. The molecule has 0 atom stereocenters. The van der Waals surface area contributed by atoms with Gasteiger partial charge in [-0.1, -0.05) is 42.5 Å². The SMILES string of the molecule is COc1cccc(NCC(=O)Nc2cccc3ccccc23)c1. The van der Waals surface area contributed by atoms with E-state index in [2.05, 4.69) is 10.6 Å². The maximum Gasteiger partial charge on any atom is 0.243 e. The van der Waals surface area contributed by atoms with Crippen LogP contribution in [0.1, 0.15) is 0 Å². The van der Waals surface area contributed by atoms with Crippen molar-refractivity contribution in [2.24, 2.45) is 0 Å². The molecule has 23 heavy (non-hydrogen) atoms. The molecule has 0 aliphatic rings. The number of ether oxygens (including phenoxy) is 1. The molecule has 2 N–H and O–H groups in total. The summed E-state index contributed by atoms with van der Waals surface area (Å²) < 4.78 is 5.16. The molecule has 4 heteroatoms. The number of carbonyl (C=O) groups is 1. The Morgan fingerprint density at radius 2 is 1.78 bits per heavy atom. The van der Waals surface area contributed by atoms with Gasteiger partial charge < -0.3 is 15.4 Å². The summed E-state index contributed by atoms with van der Waals surface area (Å²) in [5.41, 5.74) is 1.66. The first-order valence-electron chi connectivity index (χ1n) is 7.42. The van der Waals surface area contributed by atoms with Crippen molar-refractivity contribution in [3.8, 4) is 5.75 Å². The van der Waals surface area contributed by atoms with Gasteiger partial charge in [-0.15, -0.1) is 0 Å². The van der Waals surface area contributed by atoms with E-state index < -0.39 is 0 Å². The fourth-order valence-electron chi connectivity index (χ4n) is 2.44. The van der Waals surface area contributed by atoms with Gasteiger partial charge in [-0.25, -0.2) is 0 Å². The van der Waals surface area contributed by atoms with Crippen molar-refractivity contribution < 1.29 is 9.53 Å². The molecule has 0 aromatic heterocycles. The molecule has 0 radical (unpaired) electrons. The summed E-state index contributed by atoms with van der Waals surface area (Å²) in [7, 11) is 1.62. The van der Waals surface area contributed by atoms with Crippen LogP contribution in [0, 0.1) is 0 Å². The molecule has 1 amide bonds. The molecular formula is C19H18N2O2. The Hall–Kier alpha value is -3.01. The van der Waals surface area contributed by atoms with Gasteiger partial charge in [0.1, 0.15) is 5.75 Å². The molecule has 0 aliphatic carbocycles. The Balaban J connectivity index is 1.67. The van der Waals surface area contributed by atoms with Gasteiger partial charge in [0.15, 0.2) is 0 Å². The van der Waals surface area contributed by atoms with Gasteiger partial charge in [-0.3, -0.25) is 4.79 Å². The zero-order chi connectivity index (χ0) is 16.1. The van der Waals surface area contributed by atoms with E-state index in [4.69, 9.17) is 4.74 Å². The lowest BCUT2D eigenvalue weighted by atomic mass is 10.1. The largest absolute Gasteiger partial charge is 0.497 e. The number of carbonyl (C=O) groups excluding carboxylic acids is 1. The van der Waals surface area contributed by atoms with Crippen molar-refractivity contribution in [2.75, 3.05) is 24.3 Å². The Bertz CT molecular complexity index is 825. The summed E-state index contributed by atoms with van der Waals surface area (Å²) >= 11 is 0. The third kappa shape index (κ3) is 3.61. The minimum Gasteiger partial charge on any atom is -0.497 e. The first-order valence-corrected chi connectivity index (χ1v) is 7.42. The summed E-state index contributed by atoms with van der Waals surface area (Å²) in [5.74, 6) is 0.661. The minimum absolute atomic E-state index is 0.0934. The van der Waals surface area contributed by atoms with Gasteiger partial charge in [-0.05, 0) is 23.6 Å². The molecule has 3 aromatic rings. The number of methoxy groups -OCH3 is 1. The number of fused-ring (bicyclic) bond motifs is 1. The Labute approximate surface area is 135 Å². The molecule has 0 bridgehead atoms. The van der Waals surface area contributed by atoms with Crippen molar-refractivity contribution in [3.63, 3.8) is 0 Å². The van der Waals surface area contributed by atoms with E-state index in [0.29, 0.717) is 0 Å². The predicted octanol–water partition coefficient (Wildman–Crippen LogP) is 3.90. The van der Waals surface area contributed by atoms with Gasteiger partial charge in [0.25, 0.3) is 0 Å². The van der Waals surface area contributed by atoms with Gasteiger partial charge in [0.05, 0.1) is 13.7 Å². The zero-order valence-corrected chi connectivity index (χ0v) is 12.9. The van der Waals surface area contributed by atoms with Gasteiger partial charge in [0, 0.05) is 22.8 Å². The van der Waals surface area contributed by atoms with Crippen molar-refractivity contribution in [2.45, 2.75) is 0 Å². The summed E-state index contributed by atoms with van der Waals surface area (Å²) in [4.78, 5) is 12.2. The maximum absolute atomic E-state index is 12.2. The Kier molecular flexibility index (Phi) is 4.43. The number of anilines is 2. The number of rotatable bonds is 5. The predicted molar refractivity (Wildman–Crippen MR) is 94.1 cm³/mol. The van der Waals surface area contributed by atoms with Crippen LogP contribution in [0.2, 0.25) is 0 Å². The van der Waals surface area contributed by atoms with E-state index >= 15 is 0 Å². The lowest BCUT2D eigenvalue weighted by Crippen LogP contribution is -2.21. The highest BCUT2D eigenvalue weighted by molar-refractivity contribution is 6.03.